The molecule has 25 heavy (non-hydrogen) atoms. The number of carbonyl (C=O) groups excluding carboxylic acids is 1. The van der Waals surface area contributed by atoms with Crippen LogP contribution in [-0.4, -0.2) is 50.6 Å². The van der Waals surface area contributed by atoms with Crippen LogP contribution in [0.4, 0.5) is 0 Å². The Labute approximate surface area is 149 Å². The molecule has 0 aromatic heterocycles. The minimum Gasteiger partial charge on any atom is -0.379 e. The van der Waals surface area contributed by atoms with Gasteiger partial charge in [0.2, 0.25) is 10.0 Å². The molecular formula is C17H25N3O4S. The second-order valence-corrected chi connectivity index (χ2v) is 7.99. The van der Waals surface area contributed by atoms with E-state index in [0.29, 0.717) is 26.3 Å². The van der Waals surface area contributed by atoms with Crippen LogP contribution < -0.4 is 5.43 Å². The number of hydrazone groups is 1. The van der Waals surface area contributed by atoms with E-state index in [1.807, 2.05) is 20.8 Å². The summed E-state index contributed by atoms with van der Waals surface area (Å²) in [5.41, 5.74) is 3.58. The third-order valence-corrected chi connectivity index (χ3v) is 6.26. The summed E-state index contributed by atoms with van der Waals surface area (Å²) < 4.78 is 31.9. The first-order chi connectivity index (χ1) is 11.9. The zero-order valence-corrected chi connectivity index (χ0v) is 15.7. The van der Waals surface area contributed by atoms with Gasteiger partial charge in [-0.15, -0.1) is 0 Å². The second kappa shape index (κ2) is 8.55. The van der Waals surface area contributed by atoms with Crippen LogP contribution in [0.3, 0.4) is 0 Å². The Morgan fingerprint density at radius 3 is 2.68 bits per heavy atom. The predicted molar refractivity (Wildman–Crippen MR) is 96.1 cm³/mol. The van der Waals surface area contributed by atoms with Crippen LogP contribution >= 0.6 is 0 Å². The monoisotopic (exact) mass is 367 g/mol. The summed E-state index contributed by atoms with van der Waals surface area (Å²) in [5, 5.41) is 4.09. The third-order valence-electron chi connectivity index (χ3n) is 4.36. The van der Waals surface area contributed by atoms with Gasteiger partial charge in [0.05, 0.1) is 18.1 Å². The molecule has 7 nitrogen and oxygen atoms in total. The summed E-state index contributed by atoms with van der Waals surface area (Å²) in [6.07, 6.45) is 0.929. The van der Waals surface area contributed by atoms with Crippen molar-refractivity contribution in [2.75, 3.05) is 26.3 Å². The Kier molecular flexibility index (Phi) is 6.69. The van der Waals surface area contributed by atoms with Crippen LogP contribution in [0.25, 0.3) is 0 Å². The van der Waals surface area contributed by atoms with Crippen molar-refractivity contribution in [1.82, 2.24) is 9.73 Å². The van der Waals surface area contributed by atoms with Gasteiger partial charge >= 0.3 is 0 Å². The average Bonchev–Trinajstić information content (AvgIpc) is 2.65. The van der Waals surface area contributed by atoms with Crippen molar-refractivity contribution in [3.63, 3.8) is 0 Å². The average molecular weight is 367 g/mol. The van der Waals surface area contributed by atoms with Gasteiger partial charge in [-0.05, 0) is 37.5 Å². The van der Waals surface area contributed by atoms with E-state index in [-0.39, 0.29) is 16.4 Å². The molecule has 0 saturated carbocycles. The Hall–Kier alpha value is -1.77. The molecule has 1 N–H and O–H groups in total. The van der Waals surface area contributed by atoms with Gasteiger partial charge in [-0.1, -0.05) is 19.9 Å². The van der Waals surface area contributed by atoms with Crippen molar-refractivity contribution < 1.29 is 17.9 Å². The first kappa shape index (κ1) is 19.6. The molecule has 8 heteroatoms. The van der Waals surface area contributed by atoms with Crippen molar-refractivity contribution in [3.05, 3.63) is 29.8 Å². The van der Waals surface area contributed by atoms with E-state index in [1.54, 1.807) is 12.1 Å². The first-order valence-electron chi connectivity index (χ1n) is 8.38. The molecule has 1 aliphatic heterocycles. The van der Waals surface area contributed by atoms with Gasteiger partial charge in [0, 0.05) is 24.4 Å². The molecule has 1 amide bonds. The Morgan fingerprint density at radius 2 is 2.04 bits per heavy atom. The van der Waals surface area contributed by atoms with E-state index in [4.69, 9.17) is 4.74 Å². The molecule has 1 saturated heterocycles. The lowest BCUT2D eigenvalue weighted by atomic mass is 10.1. The van der Waals surface area contributed by atoms with Crippen molar-refractivity contribution >= 4 is 21.6 Å². The van der Waals surface area contributed by atoms with Crippen molar-refractivity contribution in [3.8, 4) is 0 Å². The molecule has 0 unspecified atom stereocenters. The fourth-order valence-electron chi connectivity index (χ4n) is 2.34. The van der Waals surface area contributed by atoms with Crippen LogP contribution in [0.1, 0.15) is 37.6 Å². The maximum atomic E-state index is 12.7. The van der Waals surface area contributed by atoms with Crippen LogP contribution in [-0.2, 0) is 14.8 Å². The molecule has 1 atom stereocenters. The van der Waals surface area contributed by atoms with Gasteiger partial charge in [0.25, 0.3) is 5.91 Å². The van der Waals surface area contributed by atoms with Crippen molar-refractivity contribution in [1.29, 1.82) is 0 Å². The number of rotatable bonds is 6. The summed E-state index contributed by atoms with van der Waals surface area (Å²) in [6, 6.07) is 6.01. The third kappa shape index (κ3) is 4.87. The maximum absolute atomic E-state index is 12.7. The van der Waals surface area contributed by atoms with Crippen LogP contribution in [0.15, 0.2) is 34.3 Å². The zero-order chi connectivity index (χ0) is 18.4. The molecule has 0 radical (unpaired) electrons. The summed E-state index contributed by atoms with van der Waals surface area (Å²) in [7, 11) is -3.63. The Bertz CT molecular complexity index is 740. The van der Waals surface area contributed by atoms with E-state index >= 15 is 0 Å². The Balaban J connectivity index is 2.16. The molecule has 1 aromatic rings. The number of sulfonamides is 1. The van der Waals surface area contributed by atoms with E-state index < -0.39 is 15.9 Å². The molecule has 0 spiro atoms. The highest BCUT2D eigenvalue weighted by molar-refractivity contribution is 7.89. The number of hydrogen-bond donors (Lipinski definition) is 1. The number of ether oxygens (including phenoxy) is 1. The van der Waals surface area contributed by atoms with E-state index in [1.165, 1.54) is 16.4 Å². The number of carbonyl (C=O) groups is 1. The summed E-state index contributed by atoms with van der Waals surface area (Å²) in [4.78, 5) is 12.4. The number of nitrogens with one attached hydrogen (secondary N) is 1. The highest BCUT2D eigenvalue weighted by atomic mass is 32.2. The van der Waals surface area contributed by atoms with Gasteiger partial charge in [-0.2, -0.15) is 9.41 Å². The van der Waals surface area contributed by atoms with Gasteiger partial charge in [-0.3, -0.25) is 4.79 Å². The number of nitrogens with zero attached hydrogens (tertiary/aromatic N) is 2. The van der Waals surface area contributed by atoms with Crippen molar-refractivity contribution in [2.24, 2.45) is 11.0 Å². The topological polar surface area (TPSA) is 88.1 Å². The van der Waals surface area contributed by atoms with Crippen LogP contribution in [0.5, 0.6) is 0 Å². The molecule has 1 fully saturated rings. The lowest BCUT2D eigenvalue weighted by Crippen LogP contribution is -2.40. The molecule has 1 heterocycles. The lowest BCUT2D eigenvalue weighted by Gasteiger charge is -2.26. The largest absolute Gasteiger partial charge is 0.379 e. The van der Waals surface area contributed by atoms with E-state index in [9.17, 15) is 13.2 Å². The fraction of sp³-hybridized carbons (Fsp3) is 0.529. The summed E-state index contributed by atoms with van der Waals surface area (Å²) in [5.74, 6) is -0.157. The van der Waals surface area contributed by atoms with Gasteiger partial charge in [0.1, 0.15) is 0 Å². The van der Waals surface area contributed by atoms with Crippen molar-refractivity contribution in [2.45, 2.75) is 32.1 Å². The van der Waals surface area contributed by atoms with Gasteiger partial charge in [-0.25, -0.2) is 13.8 Å². The van der Waals surface area contributed by atoms with Crippen LogP contribution in [0.2, 0.25) is 0 Å². The molecular weight excluding hydrogens is 342 g/mol. The number of benzene rings is 1. The molecule has 0 aliphatic carbocycles. The highest BCUT2D eigenvalue weighted by Gasteiger charge is 2.26. The first-order valence-corrected chi connectivity index (χ1v) is 9.82. The minimum atomic E-state index is -3.63. The fourth-order valence-corrected chi connectivity index (χ4v) is 3.80. The SMILES string of the molecule is CC[C@@H](C)/C(C)=N\NC(=O)c1cccc(S(=O)(=O)N2CCOCC2)c1. The molecule has 138 valence electrons. The normalized spacial score (nSPS) is 18.0. The van der Waals surface area contributed by atoms with Gasteiger partial charge in [0.15, 0.2) is 0 Å². The standard InChI is InChI=1S/C17H25N3O4S/c1-4-13(2)14(3)18-19-17(21)15-6-5-7-16(12-15)25(22,23)20-8-10-24-11-9-20/h5-7,12-13H,4,8-11H2,1-3H3,(H,19,21)/b18-14-/t13-/m1/s1. The smallest absolute Gasteiger partial charge is 0.271 e. The van der Waals surface area contributed by atoms with E-state index in [0.717, 1.165) is 12.1 Å². The van der Waals surface area contributed by atoms with Gasteiger partial charge < -0.3 is 4.74 Å². The number of amides is 1. The van der Waals surface area contributed by atoms with E-state index in [2.05, 4.69) is 10.5 Å². The second-order valence-electron chi connectivity index (χ2n) is 6.05. The van der Waals surface area contributed by atoms with Crippen LogP contribution in [0, 0.1) is 5.92 Å². The quantitative estimate of drug-likeness (QED) is 0.614. The molecule has 1 aromatic carbocycles. The lowest BCUT2D eigenvalue weighted by molar-refractivity contribution is 0.0730. The molecule has 2 rings (SSSR count). The zero-order valence-electron chi connectivity index (χ0n) is 14.9. The molecule has 0 bridgehead atoms. The Morgan fingerprint density at radius 1 is 1.36 bits per heavy atom. The maximum Gasteiger partial charge on any atom is 0.271 e. The predicted octanol–water partition coefficient (Wildman–Crippen LogP) is 1.86. The minimum absolute atomic E-state index is 0.102. The highest BCUT2D eigenvalue weighted by Crippen LogP contribution is 2.18. The molecule has 1 aliphatic rings. The number of morpholine rings is 1. The summed E-state index contributed by atoms with van der Waals surface area (Å²) in [6.45, 7) is 7.32. The number of hydrogen-bond acceptors (Lipinski definition) is 5. The summed E-state index contributed by atoms with van der Waals surface area (Å²) >= 11 is 0.